The SMILES string of the molecule is N#Cc1ccc(NC(=O)N2CCC(CC(=O)O)C2)c(F)c1. The fraction of sp³-hybridized carbons (Fsp3) is 0.357. The summed E-state index contributed by atoms with van der Waals surface area (Å²) in [5.41, 5.74) is 0.175. The van der Waals surface area contributed by atoms with Crippen molar-refractivity contribution >= 4 is 17.7 Å². The summed E-state index contributed by atoms with van der Waals surface area (Å²) in [6.07, 6.45) is 0.643. The first-order valence-electron chi connectivity index (χ1n) is 6.47. The van der Waals surface area contributed by atoms with Gasteiger partial charge in [-0.25, -0.2) is 9.18 Å². The number of halogens is 1. The third kappa shape index (κ3) is 3.69. The van der Waals surface area contributed by atoms with E-state index in [4.69, 9.17) is 10.4 Å². The molecule has 1 aliphatic heterocycles. The van der Waals surface area contributed by atoms with Crippen molar-refractivity contribution in [1.82, 2.24) is 4.90 Å². The number of hydrogen-bond acceptors (Lipinski definition) is 3. The molecule has 7 heteroatoms. The highest BCUT2D eigenvalue weighted by atomic mass is 19.1. The molecular formula is C14H14FN3O3. The number of aliphatic carboxylic acids is 1. The second-order valence-corrected chi connectivity index (χ2v) is 4.94. The van der Waals surface area contributed by atoms with E-state index in [-0.39, 0.29) is 23.6 Å². The van der Waals surface area contributed by atoms with Gasteiger partial charge in [0.15, 0.2) is 0 Å². The van der Waals surface area contributed by atoms with Gasteiger partial charge in [0, 0.05) is 19.5 Å². The zero-order valence-corrected chi connectivity index (χ0v) is 11.2. The smallest absolute Gasteiger partial charge is 0.321 e. The van der Waals surface area contributed by atoms with Crippen LogP contribution in [0.25, 0.3) is 0 Å². The van der Waals surface area contributed by atoms with Gasteiger partial charge in [-0.3, -0.25) is 4.79 Å². The van der Waals surface area contributed by atoms with Gasteiger partial charge in [-0.1, -0.05) is 0 Å². The second-order valence-electron chi connectivity index (χ2n) is 4.94. The molecule has 1 atom stereocenters. The molecule has 0 radical (unpaired) electrons. The van der Waals surface area contributed by atoms with E-state index in [1.807, 2.05) is 6.07 Å². The Hall–Kier alpha value is -2.62. The first kappa shape index (κ1) is 14.8. The molecule has 1 unspecified atom stereocenters. The first-order chi connectivity index (χ1) is 9.99. The van der Waals surface area contributed by atoms with E-state index in [0.717, 1.165) is 6.07 Å². The molecule has 2 amide bonds. The number of nitrogens with one attached hydrogen (secondary N) is 1. The van der Waals surface area contributed by atoms with Gasteiger partial charge in [-0.2, -0.15) is 5.26 Å². The second kappa shape index (κ2) is 6.22. The van der Waals surface area contributed by atoms with Gasteiger partial charge in [0.2, 0.25) is 0 Å². The number of carbonyl (C=O) groups is 2. The molecule has 2 rings (SSSR count). The van der Waals surface area contributed by atoms with E-state index in [0.29, 0.717) is 19.5 Å². The molecule has 0 bridgehead atoms. The summed E-state index contributed by atoms with van der Waals surface area (Å²) in [6.45, 7) is 0.789. The molecule has 1 aromatic rings. The number of carbonyl (C=O) groups excluding carboxylic acids is 1. The summed E-state index contributed by atoms with van der Waals surface area (Å²) in [7, 11) is 0. The maximum atomic E-state index is 13.7. The van der Waals surface area contributed by atoms with Gasteiger partial charge in [-0.05, 0) is 30.5 Å². The summed E-state index contributed by atoms with van der Waals surface area (Å²) in [4.78, 5) is 24.1. The topological polar surface area (TPSA) is 93.4 Å². The Kier molecular flexibility index (Phi) is 4.38. The number of carboxylic acid groups (broad SMARTS) is 1. The normalized spacial score (nSPS) is 17.3. The first-order valence-corrected chi connectivity index (χ1v) is 6.47. The van der Waals surface area contributed by atoms with E-state index in [2.05, 4.69) is 5.32 Å². The number of anilines is 1. The largest absolute Gasteiger partial charge is 0.481 e. The van der Waals surface area contributed by atoms with Gasteiger partial charge in [-0.15, -0.1) is 0 Å². The lowest BCUT2D eigenvalue weighted by molar-refractivity contribution is -0.138. The lowest BCUT2D eigenvalue weighted by Gasteiger charge is -2.17. The third-order valence-electron chi connectivity index (χ3n) is 3.38. The highest BCUT2D eigenvalue weighted by Crippen LogP contribution is 2.21. The van der Waals surface area contributed by atoms with Crippen molar-refractivity contribution < 1.29 is 19.1 Å². The molecule has 1 saturated heterocycles. The third-order valence-corrected chi connectivity index (χ3v) is 3.38. The Balaban J connectivity index is 1.96. The minimum Gasteiger partial charge on any atom is -0.481 e. The van der Waals surface area contributed by atoms with Crippen LogP contribution in [0.5, 0.6) is 0 Å². The van der Waals surface area contributed by atoms with Gasteiger partial charge in [0.25, 0.3) is 0 Å². The van der Waals surface area contributed by atoms with Crippen molar-refractivity contribution in [1.29, 1.82) is 5.26 Å². The Labute approximate surface area is 120 Å². The van der Waals surface area contributed by atoms with Crippen molar-refractivity contribution in [3.63, 3.8) is 0 Å². The molecule has 6 nitrogen and oxygen atoms in total. The molecule has 0 saturated carbocycles. The van der Waals surface area contributed by atoms with Crippen LogP contribution in [0.3, 0.4) is 0 Å². The predicted molar refractivity (Wildman–Crippen MR) is 72.1 cm³/mol. The van der Waals surface area contributed by atoms with Gasteiger partial charge >= 0.3 is 12.0 Å². The number of likely N-dealkylation sites (tertiary alicyclic amines) is 1. The molecule has 0 aromatic heterocycles. The number of benzene rings is 1. The van der Waals surface area contributed by atoms with Crippen molar-refractivity contribution in [2.24, 2.45) is 5.92 Å². The van der Waals surface area contributed by atoms with Crippen LogP contribution in [0.2, 0.25) is 0 Å². The highest BCUT2D eigenvalue weighted by Gasteiger charge is 2.28. The van der Waals surface area contributed by atoms with E-state index in [1.165, 1.54) is 17.0 Å². The Bertz CT molecular complexity index is 612. The summed E-state index contributed by atoms with van der Waals surface area (Å²) in [5.74, 6) is -1.64. The van der Waals surface area contributed by atoms with E-state index in [9.17, 15) is 14.0 Å². The molecule has 0 spiro atoms. The molecule has 1 heterocycles. The minimum atomic E-state index is -0.889. The van der Waals surface area contributed by atoms with E-state index in [1.54, 1.807) is 0 Å². The number of hydrogen-bond donors (Lipinski definition) is 2. The molecule has 1 aliphatic rings. The van der Waals surface area contributed by atoms with Gasteiger partial charge in [0.05, 0.1) is 17.3 Å². The molecule has 1 aromatic carbocycles. The maximum absolute atomic E-state index is 13.7. The molecule has 1 fully saturated rings. The number of carboxylic acids is 1. The quantitative estimate of drug-likeness (QED) is 0.891. The van der Waals surface area contributed by atoms with Crippen LogP contribution in [0.1, 0.15) is 18.4 Å². The Morgan fingerprint density at radius 3 is 2.90 bits per heavy atom. The number of urea groups is 1. The van der Waals surface area contributed by atoms with Crippen LogP contribution in [0.15, 0.2) is 18.2 Å². The number of nitriles is 1. The lowest BCUT2D eigenvalue weighted by atomic mass is 10.1. The summed E-state index contributed by atoms with van der Waals surface area (Å²) < 4.78 is 13.7. The maximum Gasteiger partial charge on any atom is 0.321 e. The fourth-order valence-corrected chi connectivity index (χ4v) is 2.31. The number of nitrogens with zero attached hydrogens (tertiary/aromatic N) is 2. The monoisotopic (exact) mass is 291 g/mol. The van der Waals surface area contributed by atoms with Crippen molar-refractivity contribution in [3.05, 3.63) is 29.6 Å². The van der Waals surface area contributed by atoms with Crippen LogP contribution in [0, 0.1) is 23.1 Å². The zero-order chi connectivity index (χ0) is 15.4. The van der Waals surface area contributed by atoms with Crippen molar-refractivity contribution in [3.8, 4) is 6.07 Å². The molecule has 2 N–H and O–H groups in total. The summed E-state index contributed by atoms with van der Waals surface area (Å²) in [5, 5.41) is 19.8. The standard InChI is InChI=1S/C14H14FN3O3/c15-11-5-9(7-16)1-2-12(11)17-14(21)18-4-3-10(8-18)6-13(19)20/h1-2,5,10H,3-4,6,8H2,(H,17,21)(H,19,20). The number of amides is 2. The van der Waals surface area contributed by atoms with Crippen molar-refractivity contribution in [2.75, 3.05) is 18.4 Å². The van der Waals surface area contributed by atoms with Gasteiger partial charge in [0.1, 0.15) is 5.82 Å². The number of rotatable bonds is 3. The van der Waals surface area contributed by atoms with Crippen molar-refractivity contribution in [2.45, 2.75) is 12.8 Å². The highest BCUT2D eigenvalue weighted by molar-refractivity contribution is 5.89. The predicted octanol–water partition coefficient (Wildman–Crippen LogP) is 2.03. The summed E-state index contributed by atoms with van der Waals surface area (Å²) >= 11 is 0. The van der Waals surface area contributed by atoms with Crippen LogP contribution in [0.4, 0.5) is 14.9 Å². The Morgan fingerprint density at radius 2 is 2.29 bits per heavy atom. The van der Waals surface area contributed by atoms with E-state index < -0.39 is 17.8 Å². The van der Waals surface area contributed by atoms with Crippen LogP contribution >= 0.6 is 0 Å². The van der Waals surface area contributed by atoms with Gasteiger partial charge < -0.3 is 15.3 Å². The minimum absolute atomic E-state index is 0.000634. The van der Waals surface area contributed by atoms with E-state index >= 15 is 0 Å². The molecule has 0 aliphatic carbocycles. The zero-order valence-electron chi connectivity index (χ0n) is 11.2. The average Bonchev–Trinajstić information content (AvgIpc) is 2.88. The molecule has 110 valence electrons. The Morgan fingerprint density at radius 1 is 1.52 bits per heavy atom. The lowest BCUT2D eigenvalue weighted by Crippen LogP contribution is -2.33. The summed E-state index contributed by atoms with van der Waals surface area (Å²) in [6, 6.07) is 5.13. The van der Waals surface area contributed by atoms with Crippen LogP contribution in [-0.2, 0) is 4.79 Å². The molecular weight excluding hydrogens is 277 g/mol. The van der Waals surface area contributed by atoms with Crippen LogP contribution < -0.4 is 5.32 Å². The fourth-order valence-electron chi connectivity index (χ4n) is 2.31. The van der Waals surface area contributed by atoms with Crippen LogP contribution in [-0.4, -0.2) is 35.1 Å². The molecule has 21 heavy (non-hydrogen) atoms. The average molecular weight is 291 g/mol.